The van der Waals surface area contributed by atoms with Gasteiger partial charge in [-0.05, 0) is 109 Å². The first-order valence-electron chi connectivity index (χ1n) is 20.9. The number of epoxide rings is 1. The number of esters is 1. The summed E-state index contributed by atoms with van der Waals surface area (Å²) in [5.74, 6) is -4.73. The van der Waals surface area contributed by atoms with E-state index in [1.807, 2.05) is 12.1 Å². The summed E-state index contributed by atoms with van der Waals surface area (Å²) in [4.78, 5) is 95.0. The number of carbonyl (C=O) groups is 7. The fourth-order valence-electron chi connectivity index (χ4n) is 7.43. The molecule has 5 atom stereocenters. The van der Waals surface area contributed by atoms with Gasteiger partial charge in [-0.3, -0.25) is 33.6 Å². The van der Waals surface area contributed by atoms with E-state index in [4.69, 9.17) is 26.8 Å². The molecule has 0 radical (unpaired) electrons. The van der Waals surface area contributed by atoms with Crippen molar-refractivity contribution in [1.82, 2.24) is 26.2 Å². The molecular formula is C47H51ClN6O10. The minimum atomic E-state index is -1.38. The van der Waals surface area contributed by atoms with Gasteiger partial charge in [-0.25, -0.2) is 0 Å². The molecule has 2 aliphatic rings. The van der Waals surface area contributed by atoms with Crippen molar-refractivity contribution in [1.29, 1.82) is 0 Å². The quantitative estimate of drug-likeness (QED) is 0.0572. The summed E-state index contributed by atoms with van der Waals surface area (Å²) >= 11 is 6.06. The van der Waals surface area contributed by atoms with Crippen LogP contribution in [0.25, 0.3) is 22.3 Å². The molecule has 0 aliphatic carbocycles. The van der Waals surface area contributed by atoms with Crippen molar-refractivity contribution in [2.24, 2.45) is 5.73 Å². The lowest BCUT2D eigenvalue weighted by atomic mass is 9.90. The molecule has 336 valence electrons. The summed E-state index contributed by atoms with van der Waals surface area (Å²) in [5, 5.41) is 22.6. The third kappa shape index (κ3) is 11.9. The van der Waals surface area contributed by atoms with Crippen LogP contribution in [0.2, 0.25) is 5.02 Å². The number of carbonyl (C=O) groups excluding carboxylic acids is 7. The number of ether oxygens (including phenoxy) is 2. The van der Waals surface area contributed by atoms with E-state index in [9.17, 15) is 38.7 Å². The van der Waals surface area contributed by atoms with Crippen LogP contribution in [-0.2, 0) is 44.7 Å². The molecule has 1 saturated heterocycles. The van der Waals surface area contributed by atoms with Gasteiger partial charge in [-0.1, -0.05) is 54.1 Å². The summed E-state index contributed by atoms with van der Waals surface area (Å²) in [6.45, 7) is 2.28. The monoisotopic (exact) mass is 894 g/mol. The smallest absolute Gasteiger partial charge is 0.303 e. The highest BCUT2D eigenvalue weighted by Gasteiger charge is 2.37. The Bertz CT molecular complexity index is 2410. The van der Waals surface area contributed by atoms with E-state index < -0.39 is 78.6 Å². The number of hydrogen-bond acceptors (Lipinski definition) is 11. The molecule has 1 unspecified atom stereocenters. The van der Waals surface area contributed by atoms with Gasteiger partial charge in [0.2, 0.25) is 23.6 Å². The average molecular weight is 895 g/mol. The van der Waals surface area contributed by atoms with Crippen molar-refractivity contribution in [3.05, 3.63) is 112 Å². The first-order chi connectivity index (χ1) is 30.6. The van der Waals surface area contributed by atoms with Gasteiger partial charge in [0.1, 0.15) is 36.0 Å². The summed E-state index contributed by atoms with van der Waals surface area (Å²) < 4.78 is 10.4. The van der Waals surface area contributed by atoms with Crippen LogP contribution in [0.4, 0.5) is 0 Å². The number of nitrogens with one attached hydrogen (secondary N) is 4. The predicted octanol–water partition coefficient (Wildman–Crippen LogP) is 3.67. The molecule has 0 aromatic heterocycles. The zero-order valence-electron chi connectivity index (χ0n) is 35.7. The van der Waals surface area contributed by atoms with E-state index in [2.05, 4.69) is 21.3 Å². The highest BCUT2D eigenvalue weighted by Crippen LogP contribution is 2.42. The van der Waals surface area contributed by atoms with E-state index in [0.717, 1.165) is 18.1 Å². The number of ketones is 1. The van der Waals surface area contributed by atoms with Gasteiger partial charge in [-0.2, -0.15) is 0 Å². The molecule has 4 bridgehead atoms. The fraction of sp³-hybridized carbons (Fsp3) is 0.340. The van der Waals surface area contributed by atoms with Crippen molar-refractivity contribution in [3.8, 4) is 28.0 Å². The lowest BCUT2D eigenvalue weighted by Crippen LogP contribution is -2.56. The molecule has 2 heterocycles. The van der Waals surface area contributed by atoms with Crippen LogP contribution in [0.15, 0.2) is 84.9 Å². The van der Waals surface area contributed by atoms with Crippen LogP contribution in [-0.4, -0.2) is 103 Å². The van der Waals surface area contributed by atoms with Gasteiger partial charge in [0.15, 0.2) is 12.4 Å². The Balaban J connectivity index is 1.33. The zero-order valence-corrected chi connectivity index (χ0v) is 36.4. The number of benzene rings is 4. The molecule has 4 aromatic rings. The van der Waals surface area contributed by atoms with E-state index >= 15 is 0 Å². The molecule has 0 spiro atoms. The number of aromatic hydroxyl groups is 1. The van der Waals surface area contributed by atoms with Crippen LogP contribution in [0.5, 0.6) is 5.75 Å². The minimum Gasteiger partial charge on any atom is -0.507 e. The Morgan fingerprint density at radius 1 is 0.922 bits per heavy atom. The Kier molecular flexibility index (Phi) is 15.5. The topological polar surface area (TPSA) is 239 Å². The van der Waals surface area contributed by atoms with Gasteiger partial charge in [0.05, 0.1) is 13.2 Å². The highest BCUT2D eigenvalue weighted by atomic mass is 35.5. The Labute approximate surface area is 375 Å². The van der Waals surface area contributed by atoms with Crippen LogP contribution < -0.4 is 27.0 Å². The van der Waals surface area contributed by atoms with Crippen LogP contribution in [0.1, 0.15) is 72.3 Å². The van der Waals surface area contributed by atoms with Gasteiger partial charge in [0, 0.05) is 36.5 Å². The van der Waals surface area contributed by atoms with Crippen molar-refractivity contribution >= 4 is 52.9 Å². The van der Waals surface area contributed by atoms with E-state index in [1.165, 1.54) is 24.9 Å². The summed E-state index contributed by atoms with van der Waals surface area (Å²) in [6.07, 6.45) is 0.848. The molecule has 7 N–H and O–H groups in total. The van der Waals surface area contributed by atoms with E-state index in [-0.39, 0.29) is 24.7 Å². The summed E-state index contributed by atoms with van der Waals surface area (Å²) in [5.41, 5.74) is 10.3. The molecule has 17 heteroatoms. The minimum absolute atomic E-state index is 0.0811. The largest absolute Gasteiger partial charge is 0.507 e. The SMILES string of the molecule is CC(=O)OCC(=O)CNC(=O)[C@@H]1Cc2ccc(O)c(c2)-c2cc(ccc2C2CO2)[C@H](N(C)C(=O)[C@H](CCCCN)NC(=O)c2ccc(-c3ccc(Cl)cc3)cc2)C(=O)N[C@@H](C)C(=O)N1. The van der Waals surface area contributed by atoms with Gasteiger partial charge in [-0.15, -0.1) is 0 Å². The van der Waals surface area contributed by atoms with Crippen molar-refractivity contribution in [2.45, 2.75) is 69.8 Å². The number of phenolic OH excluding ortho intramolecular Hbond substituents is 1. The number of halogens is 1. The number of nitrogens with zero attached hydrogens (tertiary/aromatic N) is 1. The van der Waals surface area contributed by atoms with Gasteiger partial charge < -0.3 is 46.5 Å². The normalized spacial score (nSPS) is 18.6. The third-order valence-electron chi connectivity index (χ3n) is 11.0. The number of amides is 5. The third-order valence-corrected chi connectivity index (χ3v) is 11.3. The van der Waals surface area contributed by atoms with Crippen molar-refractivity contribution < 1.29 is 48.1 Å². The summed E-state index contributed by atoms with van der Waals surface area (Å²) in [6, 6.07) is 19.0. The molecule has 0 saturated carbocycles. The number of Topliss-reactive ketones (excluding diaryl/α,β-unsaturated/α-hetero) is 1. The second-order valence-electron chi connectivity index (χ2n) is 15.8. The van der Waals surface area contributed by atoms with Crippen LogP contribution >= 0.6 is 11.6 Å². The second-order valence-corrected chi connectivity index (χ2v) is 16.2. The number of fused-ring (bicyclic) bond motifs is 5. The van der Waals surface area contributed by atoms with Crippen LogP contribution in [0.3, 0.4) is 0 Å². The first-order valence-corrected chi connectivity index (χ1v) is 21.3. The molecule has 2 aliphatic heterocycles. The maximum Gasteiger partial charge on any atom is 0.303 e. The molecule has 4 aromatic carbocycles. The molecule has 5 amide bonds. The first kappa shape index (κ1) is 46.9. The van der Waals surface area contributed by atoms with E-state index in [0.29, 0.717) is 64.4 Å². The molecule has 6 rings (SSSR count). The lowest BCUT2D eigenvalue weighted by molar-refractivity contribution is -0.145. The number of hydrogen-bond donors (Lipinski definition) is 6. The molecule has 64 heavy (non-hydrogen) atoms. The summed E-state index contributed by atoms with van der Waals surface area (Å²) in [7, 11) is 1.43. The molecular weight excluding hydrogens is 844 g/mol. The van der Waals surface area contributed by atoms with Crippen molar-refractivity contribution in [3.63, 3.8) is 0 Å². The molecule has 1 fully saturated rings. The predicted molar refractivity (Wildman–Crippen MR) is 237 cm³/mol. The second kappa shape index (κ2) is 21.2. The number of rotatable bonds is 15. The van der Waals surface area contributed by atoms with Crippen molar-refractivity contribution in [2.75, 3.05) is 33.4 Å². The number of unbranched alkanes of at least 4 members (excludes halogenated alkanes) is 1. The average Bonchev–Trinajstić information content (AvgIpc) is 4.13. The zero-order chi connectivity index (χ0) is 46.1. The Morgan fingerprint density at radius 2 is 1.61 bits per heavy atom. The lowest BCUT2D eigenvalue weighted by Gasteiger charge is -2.32. The Morgan fingerprint density at radius 3 is 2.27 bits per heavy atom. The fourth-order valence-corrected chi connectivity index (χ4v) is 7.55. The van der Waals surface area contributed by atoms with Gasteiger partial charge in [0.25, 0.3) is 5.91 Å². The van der Waals surface area contributed by atoms with Crippen LogP contribution in [0, 0.1) is 0 Å². The van der Waals surface area contributed by atoms with E-state index in [1.54, 1.807) is 66.7 Å². The highest BCUT2D eigenvalue weighted by molar-refractivity contribution is 6.30. The molecule has 16 nitrogen and oxygen atoms in total. The number of likely N-dealkylation sites (N-methyl/N-ethyl adjacent to an activating group) is 1. The number of nitrogens with two attached hydrogens (primary N) is 1. The maximum absolute atomic E-state index is 14.7. The number of phenols is 1. The maximum atomic E-state index is 14.7. The van der Waals surface area contributed by atoms with Gasteiger partial charge >= 0.3 is 5.97 Å². The standard InChI is InChI=1S/C47H51ClN6O10/c1-26-43(58)53-39(45(60)50-23-34(56)24-63-27(2)55)21-28-7-18-40(57)37(20-28)36-22-32(14-17-35(36)41-25-64-41)42(46(61)51-26)54(3)47(62)38(6-4-5-19-49)52-44(59)31-10-8-29(9-11-31)30-12-15-33(48)16-13-30/h7-18,20,22,26,38-39,41-42,57H,4-6,19,21,23-25,49H2,1-3H3,(H,50,60)(H,51,61)(H,52,59)(H,53,58)/t26-,38-,39-,41?,42-/m0/s1. The Hall–Kier alpha value is -6.62.